The molecule has 6 nitrogen and oxygen atoms in total. The van der Waals surface area contributed by atoms with Crippen LogP contribution in [0.1, 0.15) is 5.56 Å². The number of nitrogens with zero attached hydrogens (tertiary/aromatic N) is 2. The first kappa shape index (κ1) is 9.97. The lowest BCUT2D eigenvalue weighted by molar-refractivity contribution is -0.384. The van der Waals surface area contributed by atoms with Gasteiger partial charge in [0.25, 0.3) is 5.69 Å². The van der Waals surface area contributed by atoms with Gasteiger partial charge in [0, 0.05) is 11.6 Å². The minimum absolute atomic E-state index is 0.0723. The minimum atomic E-state index is -0.525. The fourth-order valence-corrected chi connectivity index (χ4v) is 0.982. The van der Waals surface area contributed by atoms with E-state index < -0.39 is 4.92 Å². The van der Waals surface area contributed by atoms with Gasteiger partial charge in [-0.25, -0.2) is 0 Å². The van der Waals surface area contributed by atoms with Gasteiger partial charge in [-0.15, -0.1) is 0 Å². The Labute approximate surface area is 79.6 Å². The lowest BCUT2D eigenvalue weighted by atomic mass is 10.2. The van der Waals surface area contributed by atoms with Crippen LogP contribution in [0.4, 0.5) is 5.69 Å². The van der Waals surface area contributed by atoms with E-state index in [0.29, 0.717) is 5.56 Å². The molecule has 0 aliphatic heterocycles. The molecule has 1 rings (SSSR count). The van der Waals surface area contributed by atoms with E-state index in [9.17, 15) is 10.1 Å². The molecule has 0 aliphatic carbocycles. The molecule has 1 aromatic rings. The number of ether oxygens (including phenoxy) is 1. The van der Waals surface area contributed by atoms with Gasteiger partial charge in [0.2, 0.25) is 0 Å². The molecule has 0 unspecified atom stereocenters. The summed E-state index contributed by atoms with van der Waals surface area (Å²) in [6, 6.07) is 4.01. The molecule has 0 saturated carbocycles. The van der Waals surface area contributed by atoms with Gasteiger partial charge in [-0.3, -0.25) is 10.1 Å². The average molecular weight is 196 g/mol. The first-order valence-corrected chi connectivity index (χ1v) is 3.69. The molecule has 0 aliphatic rings. The quantitative estimate of drug-likeness (QED) is 0.343. The summed E-state index contributed by atoms with van der Waals surface area (Å²) in [6.45, 7) is 0. The predicted octanol–water partition coefficient (Wildman–Crippen LogP) is 1.41. The molecule has 14 heavy (non-hydrogen) atoms. The summed E-state index contributed by atoms with van der Waals surface area (Å²) in [6.07, 6.45) is 1.14. The second-order valence-corrected chi connectivity index (χ2v) is 2.43. The number of nitro benzene ring substituents is 1. The molecule has 74 valence electrons. The average Bonchev–Trinajstić information content (AvgIpc) is 2.18. The maximum Gasteiger partial charge on any atom is 0.273 e. The van der Waals surface area contributed by atoms with Crippen LogP contribution in [0.2, 0.25) is 0 Å². The highest BCUT2D eigenvalue weighted by Crippen LogP contribution is 2.22. The number of oxime groups is 1. The number of methoxy groups -OCH3 is 1. The zero-order valence-corrected chi connectivity index (χ0v) is 7.38. The van der Waals surface area contributed by atoms with Gasteiger partial charge in [0.05, 0.1) is 24.3 Å². The fraction of sp³-hybridized carbons (Fsp3) is 0.125. The van der Waals surface area contributed by atoms with E-state index in [2.05, 4.69) is 5.16 Å². The first-order chi connectivity index (χ1) is 6.69. The van der Waals surface area contributed by atoms with Crippen molar-refractivity contribution < 1.29 is 14.9 Å². The number of nitro groups is 1. The monoisotopic (exact) mass is 196 g/mol. The van der Waals surface area contributed by atoms with E-state index in [1.807, 2.05) is 0 Å². The number of benzene rings is 1. The van der Waals surface area contributed by atoms with Crippen molar-refractivity contribution in [3.63, 3.8) is 0 Å². The Hall–Kier alpha value is -2.11. The smallest absolute Gasteiger partial charge is 0.273 e. The standard InChI is InChI=1S/C8H8N2O4/c1-14-8-4-7(10(12)13)3-2-6(8)5-9-11/h2-5,11H,1H3/b9-5+. The molecular weight excluding hydrogens is 188 g/mol. The molecule has 0 amide bonds. The fourth-order valence-electron chi connectivity index (χ4n) is 0.982. The summed E-state index contributed by atoms with van der Waals surface area (Å²) in [5, 5.41) is 21.5. The molecule has 1 N–H and O–H groups in total. The van der Waals surface area contributed by atoms with E-state index >= 15 is 0 Å². The van der Waals surface area contributed by atoms with Gasteiger partial charge in [-0.1, -0.05) is 5.16 Å². The van der Waals surface area contributed by atoms with E-state index in [-0.39, 0.29) is 11.4 Å². The Bertz CT molecular complexity index is 376. The summed E-state index contributed by atoms with van der Waals surface area (Å²) in [5.41, 5.74) is 0.400. The zero-order chi connectivity index (χ0) is 10.6. The Morgan fingerprint density at radius 2 is 2.36 bits per heavy atom. The summed E-state index contributed by atoms with van der Waals surface area (Å²) in [7, 11) is 1.38. The van der Waals surface area contributed by atoms with Crippen molar-refractivity contribution in [2.45, 2.75) is 0 Å². The van der Waals surface area contributed by atoms with Crippen LogP contribution in [-0.2, 0) is 0 Å². The molecule has 1 aromatic carbocycles. The lowest BCUT2D eigenvalue weighted by Gasteiger charge is -2.02. The molecule has 0 atom stereocenters. The van der Waals surface area contributed by atoms with Gasteiger partial charge >= 0.3 is 0 Å². The molecule has 0 saturated heterocycles. The van der Waals surface area contributed by atoms with Crippen LogP contribution >= 0.6 is 0 Å². The topological polar surface area (TPSA) is 85.0 Å². The molecular formula is C8H8N2O4. The summed E-state index contributed by atoms with van der Waals surface area (Å²) in [4.78, 5) is 9.88. The third-order valence-corrected chi connectivity index (χ3v) is 1.62. The molecule has 0 aromatic heterocycles. The van der Waals surface area contributed by atoms with Crippen molar-refractivity contribution in [1.82, 2.24) is 0 Å². The van der Waals surface area contributed by atoms with Gasteiger partial charge in [0.15, 0.2) is 0 Å². The molecule has 0 radical (unpaired) electrons. The number of hydrogen-bond donors (Lipinski definition) is 1. The van der Waals surface area contributed by atoms with Crippen LogP contribution in [-0.4, -0.2) is 23.5 Å². The van der Waals surface area contributed by atoms with Crippen molar-refractivity contribution in [1.29, 1.82) is 0 Å². The molecule has 6 heteroatoms. The summed E-state index contributed by atoms with van der Waals surface area (Å²) >= 11 is 0. The number of rotatable bonds is 3. The highest BCUT2D eigenvalue weighted by Gasteiger charge is 2.09. The normalized spacial score (nSPS) is 10.4. The minimum Gasteiger partial charge on any atom is -0.496 e. The molecule has 0 spiro atoms. The molecule has 0 fully saturated rings. The second-order valence-electron chi connectivity index (χ2n) is 2.43. The van der Waals surface area contributed by atoms with Crippen molar-refractivity contribution >= 4 is 11.9 Å². The molecule has 0 bridgehead atoms. The zero-order valence-electron chi connectivity index (χ0n) is 7.38. The summed E-state index contributed by atoms with van der Waals surface area (Å²) < 4.78 is 4.88. The third-order valence-electron chi connectivity index (χ3n) is 1.62. The van der Waals surface area contributed by atoms with Crippen LogP contribution in [0.15, 0.2) is 23.4 Å². The van der Waals surface area contributed by atoms with Crippen LogP contribution in [0.5, 0.6) is 5.75 Å². The Morgan fingerprint density at radius 1 is 1.64 bits per heavy atom. The van der Waals surface area contributed by atoms with Crippen LogP contribution in [0.25, 0.3) is 0 Å². The number of hydrogen-bond acceptors (Lipinski definition) is 5. The second kappa shape index (κ2) is 4.22. The molecule has 0 heterocycles. The predicted molar refractivity (Wildman–Crippen MR) is 49.0 cm³/mol. The van der Waals surface area contributed by atoms with Gasteiger partial charge in [0.1, 0.15) is 5.75 Å². The number of non-ortho nitro benzene ring substituents is 1. The van der Waals surface area contributed by atoms with Crippen molar-refractivity contribution in [3.8, 4) is 5.75 Å². The van der Waals surface area contributed by atoms with Gasteiger partial charge in [-0.2, -0.15) is 0 Å². The Kier molecular flexibility index (Phi) is 3.01. The van der Waals surface area contributed by atoms with Crippen molar-refractivity contribution in [2.75, 3.05) is 7.11 Å². The van der Waals surface area contributed by atoms with Crippen molar-refractivity contribution in [2.24, 2.45) is 5.16 Å². The van der Waals surface area contributed by atoms with Crippen LogP contribution in [0, 0.1) is 10.1 Å². The highest BCUT2D eigenvalue weighted by molar-refractivity contribution is 5.83. The van der Waals surface area contributed by atoms with Crippen molar-refractivity contribution in [3.05, 3.63) is 33.9 Å². The largest absolute Gasteiger partial charge is 0.496 e. The Morgan fingerprint density at radius 3 is 2.86 bits per heavy atom. The van der Waals surface area contributed by atoms with Gasteiger partial charge in [-0.05, 0) is 6.07 Å². The lowest BCUT2D eigenvalue weighted by Crippen LogP contribution is -1.94. The van der Waals surface area contributed by atoms with Crippen LogP contribution in [0.3, 0.4) is 0 Å². The third kappa shape index (κ3) is 1.98. The van der Waals surface area contributed by atoms with E-state index in [1.54, 1.807) is 0 Å². The maximum atomic E-state index is 10.4. The Balaban J connectivity index is 3.17. The van der Waals surface area contributed by atoms with Gasteiger partial charge < -0.3 is 9.94 Å². The SMILES string of the molecule is COc1cc([N+](=O)[O-])ccc1/C=N/O. The highest BCUT2D eigenvalue weighted by atomic mass is 16.6. The van der Waals surface area contributed by atoms with Crippen LogP contribution < -0.4 is 4.74 Å². The van der Waals surface area contributed by atoms with E-state index in [0.717, 1.165) is 6.21 Å². The summed E-state index contributed by atoms with van der Waals surface area (Å²) in [5.74, 6) is 0.289. The maximum absolute atomic E-state index is 10.4. The van der Waals surface area contributed by atoms with E-state index in [1.165, 1.54) is 25.3 Å². The van der Waals surface area contributed by atoms with E-state index in [4.69, 9.17) is 9.94 Å². The first-order valence-electron chi connectivity index (χ1n) is 3.69.